The Labute approximate surface area is 180 Å². The van der Waals surface area contributed by atoms with Crippen molar-refractivity contribution in [2.75, 3.05) is 6.54 Å². The lowest BCUT2D eigenvalue weighted by molar-refractivity contribution is -0.137. The Balaban J connectivity index is 1.65. The van der Waals surface area contributed by atoms with Crippen molar-refractivity contribution >= 4 is 38.7 Å². The standard InChI is InChI=1S/C21H24N4O3S2/c1-15(2)24(14-16-8-4-3-5-9-16)21(26)18-11-7-13-25(18)30(27,28)19-12-6-10-17-20(19)23-29-22-17/h3-6,8-10,12,15,18H,7,11,13-14H2,1-2H3/t18-/m0/s1. The summed E-state index contributed by atoms with van der Waals surface area (Å²) in [4.78, 5) is 15.4. The molecule has 158 valence electrons. The maximum absolute atomic E-state index is 13.5. The fraction of sp³-hybridized carbons (Fsp3) is 0.381. The van der Waals surface area contributed by atoms with Crippen LogP contribution in [0.4, 0.5) is 0 Å². The van der Waals surface area contributed by atoms with E-state index in [1.54, 1.807) is 23.1 Å². The number of sulfonamides is 1. The number of hydrogen-bond donors (Lipinski definition) is 0. The fourth-order valence-electron chi connectivity index (χ4n) is 3.88. The van der Waals surface area contributed by atoms with Crippen LogP contribution in [0.15, 0.2) is 53.4 Å². The third-order valence-electron chi connectivity index (χ3n) is 5.43. The summed E-state index contributed by atoms with van der Waals surface area (Å²) in [5.41, 5.74) is 1.94. The maximum atomic E-state index is 13.5. The minimum Gasteiger partial charge on any atom is -0.335 e. The van der Waals surface area contributed by atoms with Crippen molar-refractivity contribution in [2.45, 2.75) is 50.2 Å². The zero-order valence-corrected chi connectivity index (χ0v) is 18.6. The Morgan fingerprint density at radius 2 is 1.93 bits per heavy atom. The van der Waals surface area contributed by atoms with Crippen molar-refractivity contribution in [1.82, 2.24) is 18.0 Å². The third-order valence-corrected chi connectivity index (χ3v) is 7.91. The summed E-state index contributed by atoms with van der Waals surface area (Å²) in [5.74, 6) is -0.154. The van der Waals surface area contributed by atoms with Crippen LogP contribution in [-0.4, -0.2) is 50.9 Å². The molecular formula is C21H24N4O3S2. The van der Waals surface area contributed by atoms with Gasteiger partial charge in [-0.05, 0) is 44.4 Å². The lowest BCUT2D eigenvalue weighted by Crippen LogP contribution is -2.49. The van der Waals surface area contributed by atoms with Crippen molar-refractivity contribution < 1.29 is 13.2 Å². The summed E-state index contributed by atoms with van der Waals surface area (Å²) in [7, 11) is -3.87. The van der Waals surface area contributed by atoms with Gasteiger partial charge in [-0.2, -0.15) is 13.1 Å². The van der Waals surface area contributed by atoms with E-state index in [9.17, 15) is 13.2 Å². The molecule has 0 N–H and O–H groups in total. The van der Waals surface area contributed by atoms with Gasteiger partial charge in [-0.25, -0.2) is 8.42 Å². The average Bonchev–Trinajstić information content (AvgIpc) is 3.41. The Morgan fingerprint density at radius 1 is 1.17 bits per heavy atom. The van der Waals surface area contributed by atoms with Gasteiger partial charge >= 0.3 is 0 Å². The van der Waals surface area contributed by atoms with Crippen molar-refractivity contribution in [3.63, 3.8) is 0 Å². The van der Waals surface area contributed by atoms with Crippen molar-refractivity contribution in [2.24, 2.45) is 0 Å². The summed E-state index contributed by atoms with van der Waals surface area (Å²) in [6.07, 6.45) is 1.17. The number of nitrogens with zero attached hydrogens (tertiary/aromatic N) is 4. The number of aromatic nitrogens is 2. The molecule has 0 radical (unpaired) electrons. The summed E-state index contributed by atoms with van der Waals surface area (Å²) in [6, 6.07) is 14.0. The molecule has 30 heavy (non-hydrogen) atoms. The molecule has 1 fully saturated rings. The molecule has 0 unspecified atom stereocenters. The molecular weight excluding hydrogens is 420 g/mol. The van der Waals surface area contributed by atoms with Crippen LogP contribution >= 0.6 is 11.7 Å². The van der Waals surface area contributed by atoms with Crippen LogP contribution < -0.4 is 0 Å². The number of fused-ring (bicyclic) bond motifs is 1. The third kappa shape index (κ3) is 3.84. The largest absolute Gasteiger partial charge is 0.335 e. The predicted octanol–water partition coefficient (Wildman–Crippen LogP) is 3.28. The second-order valence-electron chi connectivity index (χ2n) is 7.71. The molecule has 1 aliphatic rings. The minimum atomic E-state index is -3.87. The van der Waals surface area contributed by atoms with Crippen LogP contribution in [0.1, 0.15) is 32.3 Å². The van der Waals surface area contributed by atoms with E-state index in [-0.39, 0.29) is 16.8 Å². The zero-order valence-electron chi connectivity index (χ0n) is 16.9. The number of rotatable bonds is 6. The van der Waals surface area contributed by atoms with Crippen molar-refractivity contribution in [3.8, 4) is 0 Å². The maximum Gasteiger partial charge on any atom is 0.246 e. The SMILES string of the molecule is CC(C)N(Cc1ccccc1)C(=O)[C@@H]1CCCN1S(=O)(=O)c1cccc2nsnc12. The van der Waals surface area contributed by atoms with Gasteiger partial charge in [0.25, 0.3) is 0 Å². The van der Waals surface area contributed by atoms with Gasteiger partial charge in [-0.1, -0.05) is 36.4 Å². The molecule has 1 saturated heterocycles. The van der Waals surface area contributed by atoms with Gasteiger partial charge in [0, 0.05) is 19.1 Å². The van der Waals surface area contributed by atoms with Crippen LogP contribution in [0.2, 0.25) is 0 Å². The summed E-state index contributed by atoms with van der Waals surface area (Å²) in [5, 5.41) is 0. The molecule has 0 spiro atoms. The summed E-state index contributed by atoms with van der Waals surface area (Å²) < 4.78 is 36.7. The predicted molar refractivity (Wildman–Crippen MR) is 116 cm³/mol. The molecule has 2 aromatic carbocycles. The smallest absolute Gasteiger partial charge is 0.246 e. The van der Waals surface area contributed by atoms with Gasteiger partial charge in [0.15, 0.2) is 0 Å². The number of hydrogen-bond acceptors (Lipinski definition) is 6. The molecule has 9 heteroatoms. The second-order valence-corrected chi connectivity index (χ2v) is 10.1. The lowest BCUT2D eigenvalue weighted by Gasteiger charge is -2.32. The van der Waals surface area contributed by atoms with Crippen LogP contribution in [0.5, 0.6) is 0 Å². The molecule has 0 aliphatic carbocycles. The van der Waals surface area contributed by atoms with E-state index in [2.05, 4.69) is 8.75 Å². The molecule has 0 bridgehead atoms. The van der Waals surface area contributed by atoms with E-state index in [0.29, 0.717) is 37.0 Å². The molecule has 1 aliphatic heterocycles. The molecule has 0 saturated carbocycles. The number of benzene rings is 2. The molecule has 3 aromatic rings. The first-order valence-corrected chi connectivity index (χ1v) is 12.1. The van der Waals surface area contributed by atoms with E-state index >= 15 is 0 Å². The lowest BCUT2D eigenvalue weighted by atomic mass is 10.1. The Hall–Kier alpha value is -2.36. The molecule has 1 atom stereocenters. The Kier molecular flexibility index (Phi) is 5.86. The van der Waals surface area contributed by atoms with Gasteiger partial charge < -0.3 is 4.90 Å². The highest BCUT2D eigenvalue weighted by Gasteiger charge is 2.42. The van der Waals surface area contributed by atoms with Gasteiger partial charge in [0.2, 0.25) is 15.9 Å². The van der Waals surface area contributed by atoms with Crippen LogP contribution in [0.3, 0.4) is 0 Å². The van der Waals surface area contributed by atoms with E-state index in [1.165, 1.54) is 4.31 Å². The van der Waals surface area contributed by atoms with Crippen LogP contribution in [-0.2, 0) is 21.4 Å². The molecule has 4 rings (SSSR count). The monoisotopic (exact) mass is 444 g/mol. The molecule has 7 nitrogen and oxygen atoms in total. The van der Waals surface area contributed by atoms with E-state index in [1.807, 2.05) is 44.2 Å². The van der Waals surface area contributed by atoms with Gasteiger partial charge in [-0.3, -0.25) is 4.79 Å². The van der Waals surface area contributed by atoms with E-state index in [0.717, 1.165) is 17.3 Å². The van der Waals surface area contributed by atoms with Crippen molar-refractivity contribution in [3.05, 3.63) is 54.1 Å². The Bertz CT molecular complexity index is 1150. The van der Waals surface area contributed by atoms with Crippen LogP contribution in [0.25, 0.3) is 11.0 Å². The number of carbonyl (C=O) groups excluding carboxylic acids is 1. The van der Waals surface area contributed by atoms with Crippen molar-refractivity contribution in [1.29, 1.82) is 0 Å². The average molecular weight is 445 g/mol. The van der Waals surface area contributed by atoms with E-state index < -0.39 is 16.1 Å². The van der Waals surface area contributed by atoms with Crippen LogP contribution in [0, 0.1) is 0 Å². The minimum absolute atomic E-state index is 0.0472. The topological polar surface area (TPSA) is 83.5 Å². The van der Waals surface area contributed by atoms with Gasteiger partial charge in [0.05, 0.1) is 11.7 Å². The summed E-state index contributed by atoms with van der Waals surface area (Å²) in [6.45, 7) is 4.68. The summed E-state index contributed by atoms with van der Waals surface area (Å²) >= 11 is 0.985. The van der Waals surface area contributed by atoms with E-state index in [4.69, 9.17) is 0 Å². The first-order chi connectivity index (χ1) is 14.4. The van der Waals surface area contributed by atoms with Gasteiger partial charge in [0.1, 0.15) is 22.0 Å². The highest BCUT2D eigenvalue weighted by molar-refractivity contribution is 7.89. The highest BCUT2D eigenvalue weighted by Crippen LogP contribution is 2.31. The second kappa shape index (κ2) is 8.41. The number of amides is 1. The highest BCUT2D eigenvalue weighted by atomic mass is 32.2. The molecule has 1 aromatic heterocycles. The fourth-order valence-corrected chi connectivity index (χ4v) is 6.28. The quantitative estimate of drug-likeness (QED) is 0.583. The number of carbonyl (C=O) groups is 1. The zero-order chi connectivity index (χ0) is 21.3. The first kappa shape index (κ1) is 20.9. The molecule has 1 amide bonds. The molecule has 2 heterocycles. The van der Waals surface area contributed by atoms with Gasteiger partial charge in [-0.15, -0.1) is 0 Å². The Morgan fingerprint density at radius 3 is 2.67 bits per heavy atom. The first-order valence-electron chi connectivity index (χ1n) is 9.97. The normalized spacial score (nSPS) is 17.6.